The van der Waals surface area contributed by atoms with E-state index in [0.717, 1.165) is 51.1 Å². The van der Waals surface area contributed by atoms with E-state index in [9.17, 15) is 0 Å². The molecule has 2 unspecified atom stereocenters. The predicted octanol–water partition coefficient (Wildman–Crippen LogP) is 2.64. The van der Waals surface area contributed by atoms with Crippen molar-refractivity contribution < 1.29 is 14.0 Å². The number of nitrogens with zero attached hydrogens (tertiary/aromatic N) is 2. The van der Waals surface area contributed by atoms with Crippen LogP contribution in [-0.4, -0.2) is 42.6 Å². The van der Waals surface area contributed by atoms with Crippen molar-refractivity contribution in [2.45, 2.75) is 58.0 Å². The highest BCUT2D eigenvalue weighted by Gasteiger charge is 2.31. The molecule has 2 aliphatic rings. The lowest BCUT2D eigenvalue weighted by molar-refractivity contribution is 0.0429. The fourth-order valence-corrected chi connectivity index (χ4v) is 3.75. The molecule has 2 fully saturated rings. The van der Waals surface area contributed by atoms with Crippen molar-refractivity contribution in [3.63, 3.8) is 0 Å². The quantitative estimate of drug-likeness (QED) is 0.868. The molecule has 0 aliphatic carbocycles. The Balaban J connectivity index is 1.62. The summed E-state index contributed by atoms with van der Waals surface area (Å²) in [4.78, 5) is 4.48. The van der Waals surface area contributed by atoms with Gasteiger partial charge in [0.25, 0.3) is 0 Å². The first-order valence-electron chi connectivity index (χ1n) is 8.94. The van der Waals surface area contributed by atoms with Crippen LogP contribution in [0.1, 0.15) is 56.8 Å². The second kappa shape index (κ2) is 8.22. The van der Waals surface area contributed by atoms with Crippen molar-refractivity contribution in [2.24, 2.45) is 11.8 Å². The minimum absolute atomic E-state index is 0.134. The van der Waals surface area contributed by atoms with E-state index in [0.29, 0.717) is 17.8 Å². The normalized spacial score (nSPS) is 23.7. The molecule has 1 aromatic rings. The fourth-order valence-electron chi connectivity index (χ4n) is 3.75. The summed E-state index contributed by atoms with van der Waals surface area (Å²) >= 11 is 0. The highest BCUT2D eigenvalue weighted by atomic mass is 16.5. The standard InChI is InChI=1S/C17H29N3O3/c1-12(11-14-3-7-21-8-4-14)18-16(15-5-9-22-10-6-15)17-19-13(2)20-23-17/h12,14-16,18H,3-11H2,1-2H3. The van der Waals surface area contributed by atoms with E-state index < -0.39 is 0 Å². The largest absolute Gasteiger partial charge is 0.381 e. The van der Waals surface area contributed by atoms with Crippen molar-refractivity contribution >= 4 is 0 Å². The molecular weight excluding hydrogens is 294 g/mol. The van der Waals surface area contributed by atoms with Gasteiger partial charge in [-0.25, -0.2) is 0 Å². The number of hydrogen-bond donors (Lipinski definition) is 1. The number of ether oxygens (including phenoxy) is 2. The van der Waals surface area contributed by atoms with Crippen molar-refractivity contribution in [3.8, 4) is 0 Å². The summed E-state index contributed by atoms with van der Waals surface area (Å²) < 4.78 is 16.5. The van der Waals surface area contributed by atoms with Crippen LogP contribution in [0.25, 0.3) is 0 Å². The van der Waals surface area contributed by atoms with Crippen LogP contribution in [0.2, 0.25) is 0 Å². The summed E-state index contributed by atoms with van der Waals surface area (Å²) in [5, 5.41) is 7.75. The van der Waals surface area contributed by atoms with Gasteiger partial charge in [-0.1, -0.05) is 5.16 Å². The molecule has 3 rings (SSSR count). The van der Waals surface area contributed by atoms with E-state index in [1.807, 2.05) is 6.92 Å². The third-order valence-electron chi connectivity index (χ3n) is 5.04. The molecule has 3 heterocycles. The second-order valence-corrected chi connectivity index (χ2v) is 6.97. The van der Waals surface area contributed by atoms with Crippen molar-refractivity contribution in [1.29, 1.82) is 0 Å². The summed E-state index contributed by atoms with van der Waals surface area (Å²) in [6.45, 7) is 7.60. The maximum Gasteiger partial charge on any atom is 0.244 e. The van der Waals surface area contributed by atoms with Gasteiger partial charge in [0, 0.05) is 32.5 Å². The molecule has 23 heavy (non-hydrogen) atoms. The molecule has 2 aliphatic heterocycles. The Morgan fingerprint density at radius 3 is 2.35 bits per heavy atom. The lowest BCUT2D eigenvalue weighted by Gasteiger charge is -2.32. The first kappa shape index (κ1) is 16.9. The van der Waals surface area contributed by atoms with Crippen LogP contribution < -0.4 is 5.32 Å². The van der Waals surface area contributed by atoms with Gasteiger partial charge >= 0.3 is 0 Å². The van der Waals surface area contributed by atoms with E-state index >= 15 is 0 Å². The maximum absolute atomic E-state index is 5.51. The Morgan fingerprint density at radius 2 is 1.74 bits per heavy atom. The van der Waals surface area contributed by atoms with E-state index in [4.69, 9.17) is 14.0 Å². The van der Waals surface area contributed by atoms with Gasteiger partial charge in [-0.15, -0.1) is 0 Å². The Hall–Kier alpha value is -0.980. The molecular formula is C17H29N3O3. The van der Waals surface area contributed by atoms with Crippen molar-refractivity contribution in [1.82, 2.24) is 15.5 Å². The lowest BCUT2D eigenvalue weighted by Crippen LogP contribution is -2.39. The van der Waals surface area contributed by atoms with Gasteiger partial charge in [0.2, 0.25) is 5.89 Å². The molecule has 0 bridgehead atoms. The van der Waals surface area contributed by atoms with Crippen molar-refractivity contribution in [2.75, 3.05) is 26.4 Å². The maximum atomic E-state index is 5.51. The summed E-state index contributed by atoms with van der Waals surface area (Å²) in [6, 6.07) is 0.563. The van der Waals surface area contributed by atoms with Crippen LogP contribution >= 0.6 is 0 Å². The zero-order valence-corrected chi connectivity index (χ0v) is 14.3. The van der Waals surface area contributed by atoms with Crippen LogP contribution in [0.15, 0.2) is 4.52 Å². The number of nitrogens with one attached hydrogen (secondary N) is 1. The van der Waals surface area contributed by atoms with Crippen LogP contribution in [0.5, 0.6) is 0 Å². The van der Waals surface area contributed by atoms with Crippen LogP contribution in [-0.2, 0) is 9.47 Å². The molecule has 0 aromatic carbocycles. The number of rotatable bonds is 6. The molecule has 1 aromatic heterocycles. The molecule has 6 heteroatoms. The van der Waals surface area contributed by atoms with E-state index in [1.54, 1.807) is 0 Å². The third kappa shape index (κ3) is 4.75. The summed E-state index contributed by atoms with van der Waals surface area (Å²) in [7, 11) is 0. The smallest absolute Gasteiger partial charge is 0.244 e. The Labute approximate surface area is 138 Å². The number of hydrogen-bond acceptors (Lipinski definition) is 6. The molecule has 0 saturated carbocycles. The van der Waals surface area contributed by atoms with Gasteiger partial charge in [0.15, 0.2) is 5.82 Å². The van der Waals surface area contributed by atoms with Gasteiger partial charge in [-0.05, 0) is 57.8 Å². The summed E-state index contributed by atoms with van der Waals surface area (Å²) in [6.07, 6.45) is 5.61. The minimum atomic E-state index is 0.134. The molecule has 0 radical (unpaired) electrons. The van der Waals surface area contributed by atoms with Gasteiger partial charge in [-0.3, -0.25) is 0 Å². The van der Waals surface area contributed by atoms with Crippen molar-refractivity contribution in [3.05, 3.63) is 11.7 Å². The zero-order chi connectivity index (χ0) is 16.1. The SMILES string of the molecule is Cc1noc(C(NC(C)CC2CCOCC2)C2CCOCC2)n1. The monoisotopic (exact) mass is 323 g/mol. The Morgan fingerprint density at radius 1 is 1.09 bits per heavy atom. The Bertz CT molecular complexity index is 467. The van der Waals surface area contributed by atoms with E-state index in [-0.39, 0.29) is 6.04 Å². The van der Waals surface area contributed by atoms with Gasteiger partial charge in [0.1, 0.15) is 0 Å². The second-order valence-electron chi connectivity index (χ2n) is 6.97. The van der Waals surface area contributed by atoms with E-state index in [2.05, 4.69) is 22.4 Å². The number of aromatic nitrogens is 2. The predicted molar refractivity (Wildman–Crippen MR) is 86.1 cm³/mol. The average Bonchev–Trinajstić information content (AvgIpc) is 3.00. The minimum Gasteiger partial charge on any atom is -0.381 e. The van der Waals surface area contributed by atoms with Crippen LogP contribution in [0, 0.1) is 18.8 Å². The fraction of sp³-hybridized carbons (Fsp3) is 0.882. The van der Waals surface area contributed by atoms with Crippen LogP contribution in [0.3, 0.4) is 0 Å². The number of aryl methyl sites for hydroxylation is 1. The molecule has 6 nitrogen and oxygen atoms in total. The molecule has 2 atom stereocenters. The topological polar surface area (TPSA) is 69.4 Å². The van der Waals surface area contributed by atoms with Crippen LogP contribution in [0.4, 0.5) is 0 Å². The molecule has 1 N–H and O–H groups in total. The highest BCUT2D eigenvalue weighted by Crippen LogP contribution is 2.31. The zero-order valence-electron chi connectivity index (χ0n) is 14.3. The summed E-state index contributed by atoms with van der Waals surface area (Å²) in [5.41, 5.74) is 0. The lowest BCUT2D eigenvalue weighted by atomic mass is 9.89. The van der Waals surface area contributed by atoms with E-state index in [1.165, 1.54) is 19.3 Å². The third-order valence-corrected chi connectivity index (χ3v) is 5.04. The first-order chi connectivity index (χ1) is 11.2. The first-order valence-corrected chi connectivity index (χ1v) is 8.94. The molecule has 130 valence electrons. The molecule has 0 amide bonds. The average molecular weight is 323 g/mol. The highest BCUT2D eigenvalue weighted by molar-refractivity contribution is 4.96. The van der Waals surface area contributed by atoms with Gasteiger partial charge < -0.3 is 19.3 Å². The van der Waals surface area contributed by atoms with Gasteiger partial charge in [0.05, 0.1) is 6.04 Å². The molecule has 0 spiro atoms. The molecule has 2 saturated heterocycles. The van der Waals surface area contributed by atoms with Gasteiger partial charge in [-0.2, -0.15) is 4.98 Å². The Kier molecular flexibility index (Phi) is 6.02. The summed E-state index contributed by atoms with van der Waals surface area (Å²) in [5.74, 6) is 2.69.